The summed E-state index contributed by atoms with van der Waals surface area (Å²) in [6, 6.07) is 0. The maximum atomic E-state index is 12.4. The highest BCUT2D eigenvalue weighted by Gasteiger charge is 2.64. The summed E-state index contributed by atoms with van der Waals surface area (Å²) in [7, 11) is 0. The van der Waals surface area contributed by atoms with Crippen LogP contribution in [-0.4, -0.2) is 40.8 Å². The molecule has 0 spiro atoms. The molecular formula is C23H36O5. The van der Waals surface area contributed by atoms with Crippen LogP contribution in [0.2, 0.25) is 0 Å². The van der Waals surface area contributed by atoms with Gasteiger partial charge in [0.25, 0.3) is 0 Å². The molecule has 4 fully saturated rings. The van der Waals surface area contributed by atoms with Crippen molar-refractivity contribution in [3.05, 3.63) is 0 Å². The molecule has 158 valence electrons. The van der Waals surface area contributed by atoms with Gasteiger partial charge in [0.2, 0.25) is 0 Å². The SMILES string of the molecule is CC(=O)[C@H]1CC[C@H]2[C@@H]3CC[C@H]4C[C@H](O)CC[C@]4(C)[C@H]3C(OCC(=O)O)C[C@]12C. The fraction of sp³-hybridized carbons (Fsp3) is 0.913. The van der Waals surface area contributed by atoms with Crippen LogP contribution in [0.25, 0.3) is 0 Å². The van der Waals surface area contributed by atoms with E-state index in [1.54, 1.807) is 6.92 Å². The molecule has 5 nitrogen and oxygen atoms in total. The number of aliphatic hydroxyl groups excluding tert-OH is 1. The van der Waals surface area contributed by atoms with Crippen LogP contribution >= 0.6 is 0 Å². The van der Waals surface area contributed by atoms with Crippen molar-refractivity contribution in [2.45, 2.75) is 84.3 Å². The van der Waals surface area contributed by atoms with Crippen molar-refractivity contribution in [3.63, 3.8) is 0 Å². The Balaban J connectivity index is 1.70. The number of rotatable bonds is 4. The van der Waals surface area contributed by atoms with E-state index in [9.17, 15) is 19.8 Å². The number of carbonyl (C=O) groups is 2. The first-order valence-electron chi connectivity index (χ1n) is 11.2. The molecule has 28 heavy (non-hydrogen) atoms. The van der Waals surface area contributed by atoms with Crippen LogP contribution in [0.1, 0.15) is 72.1 Å². The monoisotopic (exact) mass is 392 g/mol. The van der Waals surface area contributed by atoms with Crippen molar-refractivity contribution < 1.29 is 24.5 Å². The van der Waals surface area contributed by atoms with Gasteiger partial charge >= 0.3 is 5.97 Å². The molecule has 0 amide bonds. The van der Waals surface area contributed by atoms with Crippen molar-refractivity contribution in [2.75, 3.05) is 6.61 Å². The van der Waals surface area contributed by atoms with E-state index in [0.717, 1.165) is 51.4 Å². The number of fused-ring (bicyclic) bond motifs is 5. The lowest BCUT2D eigenvalue weighted by molar-refractivity contribution is -0.197. The molecule has 1 unspecified atom stereocenters. The summed E-state index contributed by atoms with van der Waals surface area (Å²) in [5.41, 5.74) is 0.0223. The summed E-state index contributed by atoms with van der Waals surface area (Å²) in [6.45, 7) is 6.10. The predicted octanol–water partition coefficient (Wildman–Crippen LogP) is 3.67. The number of hydrogen-bond acceptors (Lipinski definition) is 4. The summed E-state index contributed by atoms with van der Waals surface area (Å²) in [4.78, 5) is 23.7. The molecule has 9 atom stereocenters. The Morgan fingerprint density at radius 3 is 2.50 bits per heavy atom. The number of aliphatic hydroxyl groups is 1. The molecule has 4 aliphatic rings. The van der Waals surface area contributed by atoms with Gasteiger partial charge in [0.05, 0.1) is 12.2 Å². The maximum Gasteiger partial charge on any atom is 0.329 e. The molecule has 5 heteroatoms. The van der Waals surface area contributed by atoms with Crippen molar-refractivity contribution in [2.24, 2.45) is 40.4 Å². The Hall–Kier alpha value is -0.940. The van der Waals surface area contributed by atoms with E-state index in [2.05, 4.69) is 13.8 Å². The largest absolute Gasteiger partial charge is 0.480 e. The highest BCUT2D eigenvalue weighted by Crippen LogP contribution is 2.67. The van der Waals surface area contributed by atoms with E-state index in [1.165, 1.54) is 0 Å². The van der Waals surface area contributed by atoms with Crippen molar-refractivity contribution >= 4 is 11.8 Å². The molecule has 4 saturated carbocycles. The van der Waals surface area contributed by atoms with E-state index in [4.69, 9.17) is 4.74 Å². The number of aliphatic carboxylic acids is 1. The zero-order valence-corrected chi connectivity index (χ0v) is 17.5. The normalized spacial score (nSPS) is 50.4. The smallest absolute Gasteiger partial charge is 0.329 e. The van der Waals surface area contributed by atoms with Gasteiger partial charge in [0.1, 0.15) is 12.4 Å². The molecule has 0 aromatic carbocycles. The fourth-order valence-corrected chi connectivity index (χ4v) is 8.33. The Morgan fingerprint density at radius 1 is 1.07 bits per heavy atom. The Labute approximate surface area is 168 Å². The second kappa shape index (κ2) is 7.09. The van der Waals surface area contributed by atoms with Gasteiger partial charge in [0, 0.05) is 5.92 Å². The van der Waals surface area contributed by atoms with Crippen molar-refractivity contribution in [1.29, 1.82) is 0 Å². The summed E-state index contributed by atoms with van der Waals surface area (Å²) in [5.74, 6) is 1.29. The summed E-state index contributed by atoms with van der Waals surface area (Å²) >= 11 is 0. The second-order valence-corrected chi connectivity index (χ2v) is 10.7. The average molecular weight is 393 g/mol. The van der Waals surface area contributed by atoms with Gasteiger partial charge in [-0.3, -0.25) is 4.79 Å². The summed E-state index contributed by atoms with van der Waals surface area (Å²) < 4.78 is 6.08. The Kier molecular flexibility index (Phi) is 5.15. The first kappa shape index (κ1) is 20.3. The van der Waals surface area contributed by atoms with Crippen LogP contribution in [0.3, 0.4) is 0 Å². The van der Waals surface area contributed by atoms with E-state index < -0.39 is 5.97 Å². The summed E-state index contributed by atoms with van der Waals surface area (Å²) in [6.07, 6.45) is 7.51. The van der Waals surface area contributed by atoms with Crippen molar-refractivity contribution in [3.8, 4) is 0 Å². The molecule has 4 rings (SSSR count). The molecule has 0 heterocycles. The number of hydrogen-bond donors (Lipinski definition) is 2. The van der Waals surface area contributed by atoms with Gasteiger partial charge < -0.3 is 14.9 Å². The number of carboxylic acids is 1. The Morgan fingerprint density at radius 2 is 1.82 bits per heavy atom. The molecule has 0 radical (unpaired) electrons. The second-order valence-electron chi connectivity index (χ2n) is 10.7. The zero-order chi connectivity index (χ0) is 20.3. The molecular weight excluding hydrogens is 356 g/mol. The molecule has 4 aliphatic carbocycles. The highest BCUT2D eigenvalue weighted by atomic mass is 16.5. The zero-order valence-electron chi connectivity index (χ0n) is 17.5. The van der Waals surface area contributed by atoms with E-state index >= 15 is 0 Å². The third kappa shape index (κ3) is 3.04. The topological polar surface area (TPSA) is 83.8 Å². The number of ketones is 1. The minimum Gasteiger partial charge on any atom is -0.480 e. The number of Topliss-reactive ketones (excluding diaryl/α,β-unsaturated/α-hetero) is 1. The van der Waals surface area contributed by atoms with Crippen LogP contribution in [0.4, 0.5) is 0 Å². The minimum atomic E-state index is -0.921. The fourth-order valence-electron chi connectivity index (χ4n) is 8.33. The highest BCUT2D eigenvalue weighted by molar-refractivity contribution is 5.79. The maximum absolute atomic E-state index is 12.4. The molecule has 0 saturated heterocycles. The number of carbonyl (C=O) groups excluding carboxylic acids is 1. The minimum absolute atomic E-state index is 0.0758. The lowest BCUT2D eigenvalue weighted by Crippen LogP contribution is -2.60. The third-order valence-corrected chi connectivity index (χ3v) is 9.46. The standard InChI is InChI=1S/C23H36O5/c1-13(24)17-6-7-18-16-5-4-14-10-15(25)8-9-22(14,2)21(16)19(11-23(17,18)3)28-12-20(26)27/h14-19,21,25H,4-12H2,1-3H3,(H,26,27)/t14-,15+,16-,17+,18-,19?,21+,22-,23+/m0/s1. The van der Waals surface area contributed by atoms with Gasteiger partial charge in [-0.15, -0.1) is 0 Å². The molecule has 0 aromatic rings. The van der Waals surface area contributed by atoms with Crippen molar-refractivity contribution in [1.82, 2.24) is 0 Å². The van der Waals surface area contributed by atoms with E-state index in [0.29, 0.717) is 23.7 Å². The molecule has 2 N–H and O–H groups in total. The molecule has 0 aromatic heterocycles. The van der Waals surface area contributed by atoms with Crippen LogP contribution in [-0.2, 0) is 14.3 Å². The van der Waals surface area contributed by atoms with Gasteiger partial charge in [-0.05, 0) is 92.8 Å². The number of carboxylic acid groups (broad SMARTS) is 1. The average Bonchev–Trinajstić information content (AvgIpc) is 2.97. The van der Waals surface area contributed by atoms with E-state index in [1.807, 2.05) is 0 Å². The quantitative estimate of drug-likeness (QED) is 0.762. The lowest BCUT2D eigenvalue weighted by Gasteiger charge is -2.63. The van der Waals surface area contributed by atoms with E-state index in [-0.39, 0.29) is 41.3 Å². The van der Waals surface area contributed by atoms with Crippen LogP contribution < -0.4 is 0 Å². The van der Waals surface area contributed by atoms with Crippen LogP contribution in [0.5, 0.6) is 0 Å². The first-order valence-corrected chi connectivity index (χ1v) is 11.2. The van der Waals surface area contributed by atoms with Crippen LogP contribution in [0, 0.1) is 40.4 Å². The molecule has 0 aliphatic heterocycles. The van der Waals surface area contributed by atoms with Gasteiger partial charge in [0.15, 0.2) is 0 Å². The van der Waals surface area contributed by atoms with Gasteiger partial charge in [-0.1, -0.05) is 13.8 Å². The number of ether oxygens (including phenoxy) is 1. The molecule has 0 bridgehead atoms. The van der Waals surface area contributed by atoms with Gasteiger partial charge in [-0.25, -0.2) is 4.79 Å². The predicted molar refractivity (Wildman–Crippen MR) is 105 cm³/mol. The van der Waals surface area contributed by atoms with Gasteiger partial charge in [-0.2, -0.15) is 0 Å². The lowest BCUT2D eigenvalue weighted by atomic mass is 9.43. The van der Waals surface area contributed by atoms with Crippen LogP contribution in [0.15, 0.2) is 0 Å². The first-order chi connectivity index (χ1) is 13.2. The third-order valence-electron chi connectivity index (χ3n) is 9.46. The Bertz CT molecular complexity index is 647. The summed E-state index contributed by atoms with van der Waals surface area (Å²) in [5, 5.41) is 19.5.